The van der Waals surface area contributed by atoms with Gasteiger partial charge in [-0.25, -0.2) is 0 Å². The van der Waals surface area contributed by atoms with Gasteiger partial charge in [-0.3, -0.25) is 9.59 Å². The van der Waals surface area contributed by atoms with Crippen LogP contribution in [0.25, 0.3) is 0 Å². The van der Waals surface area contributed by atoms with E-state index in [-0.39, 0.29) is 6.04 Å². The first-order chi connectivity index (χ1) is 10.8. The summed E-state index contributed by atoms with van der Waals surface area (Å²) in [6, 6.07) is 7.38. The molecule has 0 aromatic carbocycles. The fourth-order valence-corrected chi connectivity index (χ4v) is 3.76. The van der Waals surface area contributed by atoms with E-state index in [2.05, 4.69) is 0 Å². The number of hydrogen-bond acceptors (Lipinski definition) is 4. The van der Waals surface area contributed by atoms with Crippen molar-refractivity contribution in [3.8, 4) is 6.07 Å². The summed E-state index contributed by atoms with van der Waals surface area (Å²) in [6.07, 6.45) is 0. The normalized spacial score (nSPS) is 12.2. The van der Waals surface area contributed by atoms with Crippen molar-refractivity contribution >= 4 is 22.9 Å². The van der Waals surface area contributed by atoms with Crippen LogP contribution in [0.15, 0.2) is 18.2 Å². The highest BCUT2D eigenvalue weighted by Gasteiger charge is 2.31. The average Bonchev–Trinajstić information content (AvgIpc) is 3.03. The van der Waals surface area contributed by atoms with Crippen LogP contribution in [0, 0.1) is 38.0 Å². The number of hydrogen-bond donors (Lipinski definition) is 0. The Morgan fingerprint density at radius 2 is 1.83 bits per heavy atom. The summed E-state index contributed by atoms with van der Waals surface area (Å²) in [6.45, 7) is 9.75. The van der Waals surface area contributed by atoms with Crippen LogP contribution in [-0.4, -0.2) is 16.1 Å². The molecule has 0 spiro atoms. The Kier molecular flexibility index (Phi) is 4.86. The van der Waals surface area contributed by atoms with Gasteiger partial charge in [-0.15, -0.1) is 11.3 Å². The summed E-state index contributed by atoms with van der Waals surface area (Å²) in [5.74, 6) is -2.11. The van der Waals surface area contributed by atoms with Crippen LogP contribution in [0.4, 0.5) is 0 Å². The minimum atomic E-state index is -1.28. The molecule has 0 aliphatic heterocycles. The number of ketones is 2. The van der Waals surface area contributed by atoms with Gasteiger partial charge in [0.25, 0.3) is 0 Å². The molecule has 2 aromatic heterocycles. The molecule has 1 atom stereocenters. The Labute approximate surface area is 140 Å². The topological polar surface area (TPSA) is 62.9 Å². The number of carbonyl (C=O) groups is 2. The predicted molar refractivity (Wildman–Crippen MR) is 91.1 cm³/mol. The average molecular weight is 328 g/mol. The van der Waals surface area contributed by atoms with E-state index in [4.69, 9.17) is 0 Å². The molecule has 4 nitrogen and oxygen atoms in total. The van der Waals surface area contributed by atoms with Crippen LogP contribution < -0.4 is 0 Å². The lowest BCUT2D eigenvalue weighted by molar-refractivity contribution is 0.0848. The van der Waals surface area contributed by atoms with Crippen molar-refractivity contribution in [2.75, 3.05) is 0 Å². The lowest BCUT2D eigenvalue weighted by Crippen LogP contribution is -2.23. The fraction of sp³-hybridized carbons (Fsp3) is 0.389. The highest BCUT2D eigenvalue weighted by atomic mass is 32.1. The van der Waals surface area contributed by atoms with E-state index in [9.17, 15) is 14.9 Å². The smallest absolute Gasteiger partial charge is 0.197 e. The first-order valence-electron chi connectivity index (χ1n) is 7.50. The summed E-state index contributed by atoms with van der Waals surface area (Å²) in [5, 5.41) is 9.38. The number of rotatable bonds is 5. The van der Waals surface area contributed by atoms with Crippen molar-refractivity contribution in [2.45, 2.75) is 40.7 Å². The Bertz CT molecular complexity index is 806. The van der Waals surface area contributed by atoms with Crippen LogP contribution in [0.5, 0.6) is 0 Å². The third-order valence-corrected chi connectivity index (χ3v) is 4.92. The molecule has 0 saturated heterocycles. The number of Topliss-reactive ketones (excluding diaryl/α,β-unsaturated/α-hetero) is 2. The van der Waals surface area contributed by atoms with Gasteiger partial charge in [-0.1, -0.05) is 0 Å². The summed E-state index contributed by atoms with van der Waals surface area (Å²) in [7, 11) is 0. The standard InChI is InChI=1S/C18H20N2O2S/c1-10(2)20-11(3)8-14(13(20)5)17(21)15(9-19)18(22)16-7-6-12(4)23-16/h6-8,10,15H,1-5H3/t15-/m1/s1. The van der Waals surface area contributed by atoms with Crippen molar-refractivity contribution in [3.05, 3.63) is 44.9 Å². The maximum atomic E-state index is 12.8. The lowest BCUT2D eigenvalue weighted by Gasteiger charge is -2.14. The molecule has 0 N–H and O–H groups in total. The van der Waals surface area contributed by atoms with Gasteiger partial charge in [0.2, 0.25) is 0 Å². The van der Waals surface area contributed by atoms with Crippen molar-refractivity contribution in [2.24, 2.45) is 5.92 Å². The molecule has 0 fully saturated rings. The van der Waals surface area contributed by atoms with E-state index < -0.39 is 17.5 Å². The summed E-state index contributed by atoms with van der Waals surface area (Å²) >= 11 is 1.31. The molecule has 2 rings (SSSR count). The van der Waals surface area contributed by atoms with E-state index in [1.807, 2.05) is 51.3 Å². The van der Waals surface area contributed by atoms with Crippen LogP contribution in [-0.2, 0) is 0 Å². The number of aromatic nitrogens is 1. The molecule has 120 valence electrons. The molecular formula is C18H20N2O2S. The second kappa shape index (κ2) is 6.51. The van der Waals surface area contributed by atoms with Crippen molar-refractivity contribution in [1.82, 2.24) is 4.57 Å². The van der Waals surface area contributed by atoms with Gasteiger partial charge in [-0.2, -0.15) is 5.26 Å². The Hall–Kier alpha value is -2.19. The number of aryl methyl sites for hydroxylation is 2. The molecule has 0 amide bonds. The molecule has 23 heavy (non-hydrogen) atoms. The van der Waals surface area contributed by atoms with Crippen LogP contribution in [0.3, 0.4) is 0 Å². The molecule has 5 heteroatoms. The summed E-state index contributed by atoms with van der Waals surface area (Å²) in [5.41, 5.74) is 2.22. The Morgan fingerprint density at radius 3 is 2.26 bits per heavy atom. The second-order valence-electron chi connectivity index (χ2n) is 5.95. The van der Waals surface area contributed by atoms with Gasteiger partial charge in [-0.05, 0) is 52.8 Å². The molecule has 2 heterocycles. The van der Waals surface area contributed by atoms with E-state index in [1.54, 1.807) is 12.1 Å². The fourth-order valence-electron chi connectivity index (χ4n) is 2.92. The van der Waals surface area contributed by atoms with Gasteiger partial charge >= 0.3 is 0 Å². The number of thiophene rings is 1. The quantitative estimate of drug-likeness (QED) is 0.608. The highest BCUT2D eigenvalue weighted by Crippen LogP contribution is 2.25. The third kappa shape index (κ3) is 3.13. The number of carbonyl (C=O) groups excluding carboxylic acids is 2. The van der Waals surface area contributed by atoms with Crippen LogP contribution >= 0.6 is 11.3 Å². The monoisotopic (exact) mass is 328 g/mol. The van der Waals surface area contributed by atoms with E-state index in [0.29, 0.717) is 10.4 Å². The van der Waals surface area contributed by atoms with Crippen molar-refractivity contribution in [3.63, 3.8) is 0 Å². The molecular weight excluding hydrogens is 308 g/mol. The van der Waals surface area contributed by atoms with E-state index >= 15 is 0 Å². The van der Waals surface area contributed by atoms with Crippen LogP contribution in [0.2, 0.25) is 0 Å². The zero-order valence-electron chi connectivity index (χ0n) is 14.0. The maximum absolute atomic E-state index is 12.8. The third-order valence-electron chi connectivity index (χ3n) is 3.90. The zero-order valence-corrected chi connectivity index (χ0v) is 14.8. The van der Waals surface area contributed by atoms with Gasteiger partial charge in [0.15, 0.2) is 17.5 Å². The number of nitrogens with zero attached hydrogens (tertiary/aromatic N) is 2. The predicted octanol–water partition coefficient (Wildman–Crippen LogP) is 4.26. The van der Waals surface area contributed by atoms with Crippen molar-refractivity contribution < 1.29 is 9.59 Å². The zero-order chi connectivity index (χ0) is 17.3. The molecule has 0 aliphatic carbocycles. The summed E-state index contributed by atoms with van der Waals surface area (Å²) < 4.78 is 2.04. The minimum Gasteiger partial charge on any atom is -0.346 e. The molecule has 0 unspecified atom stereocenters. The number of nitriles is 1. The van der Waals surface area contributed by atoms with Gasteiger partial charge < -0.3 is 4.57 Å². The molecule has 0 aliphatic rings. The van der Waals surface area contributed by atoms with E-state index in [0.717, 1.165) is 16.3 Å². The SMILES string of the molecule is Cc1ccc(C(=O)[C@H](C#N)C(=O)c2cc(C)n(C(C)C)c2C)s1. The second-order valence-corrected chi connectivity index (χ2v) is 7.24. The Morgan fingerprint density at radius 1 is 1.17 bits per heavy atom. The van der Waals surface area contributed by atoms with Gasteiger partial charge in [0.1, 0.15) is 0 Å². The van der Waals surface area contributed by atoms with E-state index in [1.165, 1.54) is 11.3 Å². The highest BCUT2D eigenvalue weighted by molar-refractivity contribution is 7.14. The van der Waals surface area contributed by atoms with Gasteiger partial charge in [0, 0.05) is 27.9 Å². The lowest BCUT2D eigenvalue weighted by atomic mass is 9.94. The first kappa shape index (κ1) is 17.2. The van der Waals surface area contributed by atoms with Crippen molar-refractivity contribution in [1.29, 1.82) is 5.26 Å². The van der Waals surface area contributed by atoms with Gasteiger partial charge in [0.05, 0.1) is 10.9 Å². The largest absolute Gasteiger partial charge is 0.346 e. The maximum Gasteiger partial charge on any atom is 0.197 e. The Balaban J connectivity index is 2.40. The molecule has 0 bridgehead atoms. The molecule has 0 radical (unpaired) electrons. The molecule has 2 aromatic rings. The minimum absolute atomic E-state index is 0.215. The first-order valence-corrected chi connectivity index (χ1v) is 8.32. The summed E-state index contributed by atoms with van der Waals surface area (Å²) in [4.78, 5) is 26.7. The van der Waals surface area contributed by atoms with Crippen LogP contribution in [0.1, 0.15) is 56.2 Å². The molecule has 0 saturated carbocycles.